The van der Waals surface area contributed by atoms with Gasteiger partial charge in [0.25, 0.3) is 5.91 Å². The molecule has 8 nitrogen and oxygen atoms in total. The van der Waals surface area contributed by atoms with Crippen LogP contribution in [-0.4, -0.2) is 66.9 Å². The Bertz CT molecular complexity index is 1100. The van der Waals surface area contributed by atoms with Crippen molar-refractivity contribution in [2.45, 2.75) is 17.9 Å². The molecule has 2 amide bonds. The summed E-state index contributed by atoms with van der Waals surface area (Å²) < 4.78 is 10.6. The lowest BCUT2D eigenvalue weighted by atomic mass is 9.97. The van der Waals surface area contributed by atoms with Crippen molar-refractivity contribution in [2.24, 2.45) is 0 Å². The number of benzene rings is 2. The molecular weight excluding hydrogens is 424 g/mol. The van der Waals surface area contributed by atoms with Gasteiger partial charge < -0.3 is 24.8 Å². The third kappa shape index (κ3) is 4.28. The largest absolute Gasteiger partial charge is 0.479 e. The van der Waals surface area contributed by atoms with Gasteiger partial charge in [0.15, 0.2) is 5.54 Å². The van der Waals surface area contributed by atoms with Gasteiger partial charge in [0.05, 0.1) is 13.2 Å². The molecule has 1 fully saturated rings. The molecule has 2 N–H and O–H groups in total. The number of carboxylic acid groups (broad SMARTS) is 1. The molecule has 1 saturated heterocycles. The minimum Gasteiger partial charge on any atom is -0.479 e. The third-order valence-electron chi connectivity index (χ3n) is 6.21. The van der Waals surface area contributed by atoms with E-state index in [-0.39, 0.29) is 38.7 Å². The number of hydrogen-bond donors (Lipinski definition) is 2. The van der Waals surface area contributed by atoms with Gasteiger partial charge in [-0.15, -0.1) is 0 Å². The van der Waals surface area contributed by atoms with E-state index in [9.17, 15) is 19.5 Å². The van der Waals surface area contributed by atoms with Crippen LogP contribution in [0.5, 0.6) is 0 Å². The molecule has 170 valence electrons. The maximum absolute atomic E-state index is 12.3. The van der Waals surface area contributed by atoms with Crippen LogP contribution in [0, 0.1) is 11.8 Å². The summed E-state index contributed by atoms with van der Waals surface area (Å²) in [5, 5.41) is 12.0. The van der Waals surface area contributed by atoms with Crippen LogP contribution < -0.4 is 5.32 Å². The summed E-state index contributed by atoms with van der Waals surface area (Å²) in [7, 11) is 1.39. The van der Waals surface area contributed by atoms with Gasteiger partial charge in [-0.1, -0.05) is 54.5 Å². The molecule has 1 atom stereocenters. The molecule has 1 unspecified atom stereocenters. The first kappa shape index (κ1) is 22.4. The van der Waals surface area contributed by atoms with Crippen LogP contribution in [0.15, 0.2) is 48.5 Å². The quantitative estimate of drug-likeness (QED) is 0.680. The van der Waals surface area contributed by atoms with Crippen molar-refractivity contribution in [3.63, 3.8) is 0 Å². The van der Waals surface area contributed by atoms with Gasteiger partial charge in [-0.25, -0.2) is 9.59 Å². The van der Waals surface area contributed by atoms with Gasteiger partial charge in [0.2, 0.25) is 0 Å². The fourth-order valence-corrected chi connectivity index (χ4v) is 4.29. The van der Waals surface area contributed by atoms with Crippen LogP contribution in [0.4, 0.5) is 4.79 Å². The predicted molar refractivity (Wildman–Crippen MR) is 119 cm³/mol. The zero-order chi connectivity index (χ0) is 23.4. The van der Waals surface area contributed by atoms with Gasteiger partial charge in [-0.3, -0.25) is 4.79 Å². The van der Waals surface area contributed by atoms with E-state index < -0.39 is 23.5 Å². The number of hydrogen-bond acceptors (Lipinski definition) is 5. The van der Waals surface area contributed by atoms with E-state index in [1.165, 1.54) is 7.05 Å². The maximum atomic E-state index is 12.3. The second kappa shape index (κ2) is 9.35. The van der Waals surface area contributed by atoms with E-state index in [1.807, 2.05) is 36.4 Å². The highest BCUT2D eigenvalue weighted by Gasteiger charge is 2.48. The van der Waals surface area contributed by atoms with Crippen molar-refractivity contribution in [3.8, 4) is 23.0 Å². The Morgan fingerprint density at radius 2 is 1.79 bits per heavy atom. The molecule has 0 spiro atoms. The summed E-state index contributed by atoms with van der Waals surface area (Å²) >= 11 is 0. The number of alkyl carbamates (subject to hydrolysis) is 1. The molecule has 1 aliphatic heterocycles. The first-order valence-electron chi connectivity index (χ1n) is 10.6. The van der Waals surface area contributed by atoms with Crippen molar-refractivity contribution in [2.75, 3.05) is 33.4 Å². The Balaban J connectivity index is 1.30. The monoisotopic (exact) mass is 448 g/mol. The normalized spacial score (nSPS) is 18.5. The number of carbonyl (C=O) groups excluding carboxylic acids is 2. The fourth-order valence-electron chi connectivity index (χ4n) is 4.29. The number of amides is 2. The van der Waals surface area contributed by atoms with E-state index >= 15 is 0 Å². The van der Waals surface area contributed by atoms with Crippen molar-refractivity contribution < 1.29 is 29.0 Å². The number of nitrogens with zero attached hydrogens (tertiary/aromatic N) is 1. The zero-order valence-electron chi connectivity index (χ0n) is 18.2. The fraction of sp³-hybridized carbons (Fsp3) is 0.320. The van der Waals surface area contributed by atoms with E-state index in [1.54, 1.807) is 0 Å². The number of likely N-dealkylation sites (N-methyl/N-ethyl adjacent to an activating group) is 1. The van der Waals surface area contributed by atoms with Crippen LogP contribution in [0.25, 0.3) is 11.1 Å². The number of ether oxygens (including phenoxy) is 2. The van der Waals surface area contributed by atoms with E-state index in [4.69, 9.17) is 9.47 Å². The maximum Gasteiger partial charge on any atom is 0.407 e. The van der Waals surface area contributed by atoms with Gasteiger partial charge in [0, 0.05) is 26.0 Å². The van der Waals surface area contributed by atoms with Gasteiger partial charge in [-0.05, 0) is 28.2 Å². The number of carbonyl (C=O) groups is 3. The first-order valence-corrected chi connectivity index (χ1v) is 10.6. The van der Waals surface area contributed by atoms with Crippen molar-refractivity contribution >= 4 is 18.0 Å². The molecule has 2 aliphatic rings. The van der Waals surface area contributed by atoms with Gasteiger partial charge >= 0.3 is 12.1 Å². The summed E-state index contributed by atoms with van der Waals surface area (Å²) in [4.78, 5) is 37.2. The van der Waals surface area contributed by atoms with Crippen molar-refractivity contribution in [1.29, 1.82) is 0 Å². The van der Waals surface area contributed by atoms with Gasteiger partial charge in [-0.2, -0.15) is 0 Å². The predicted octanol–water partition coefficient (Wildman–Crippen LogP) is 2.23. The lowest BCUT2D eigenvalue weighted by Crippen LogP contribution is -2.55. The molecule has 8 heteroatoms. The average molecular weight is 448 g/mol. The van der Waals surface area contributed by atoms with Crippen molar-refractivity contribution in [3.05, 3.63) is 59.7 Å². The molecule has 0 radical (unpaired) electrons. The minimum atomic E-state index is -1.41. The summed E-state index contributed by atoms with van der Waals surface area (Å²) in [6, 6.07) is 16.1. The molecule has 2 aromatic rings. The second-order valence-corrected chi connectivity index (χ2v) is 7.98. The summed E-state index contributed by atoms with van der Waals surface area (Å²) in [6.45, 7) is 0.258. The Morgan fingerprint density at radius 1 is 1.15 bits per heavy atom. The molecule has 0 bridgehead atoms. The molecule has 1 heterocycles. The van der Waals surface area contributed by atoms with Gasteiger partial charge in [0.1, 0.15) is 6.61 Å². The highest BCUT2D eigenvalue weighted by Crippen LogP contribution is 2.44. The standard InChI is InChI=1S/C25H24N2O6/c1-27(25(23(29)30)12-14-32-16-25)22(28)11-6-13-26-24(31)33-15-21-19-9-4-2-7-17(19)18-8-3-5-10-20(18)21/h2-5,7-10,21H,12-16H2,1H3,(H,26,31)(H,29,30). The van der Waals surface area contributed by atoms with Crippen LogP contribution in [0.1, 0.15) is 23.5 Å². The molecule has 33 heavy (non-hydrogen) atoms. The minimum absolute atomic E-state index is 0.0506. The Hall–Kier alpha value is -3.83. The summed E-state index contributed by atoms with van der Waals surface area (Å²) in [5.41, 5.74) is 3.10. The van der Waals surface area contributed by atoms with E-state index in [0.717, 1.165) is 27.2 Å². The molecule has 0 aromatic heterocycles. The van der Waals surface area contributed by atoms with Crippen molar-refractivity contribution in [1.82, 2.24) is 10.2 Å². The van der Waals surface area contributed by atoms with Crippen LogP contribution in [0.3, 0.4) is 0 Å². The van der Waals surface area contributed by atoms with Crippen LogP contribution in [-0.2, 0) is 19.1 Å². The smallest absolute Gasteiger partial charge is 0.407 e. The molecule has 0 saturated carbocycles. The van der Waals surface area contributed by atoms with E-state index in [0.29, 0.717) is 0 Å². The number of aliphatic carboxylic acids is 1. The Morgan fingerprint density at radius 3 is 2.36 bits per heavy atom. The number of rotatable bonds is 5. The number of fused-ring (bicyclic) bond motifs is 3. The highest BCUT2D eigenvalue weighted by molar-refractivity contribution is 5.97. The topological polar surface area (TPSA) is 105 Å². The van der Waals surface area contributed by atoms with Crippen LogP contribution >= 0.6 is 0 Å². The molecule has 1 aliphatic carbocycles. The SMILES string of the molecule is CN(C(=O)C#CCNC(=O)OCC1c2ccccc2-c2ccccc21)C1(C(=O)O)CCOC1. The second-order valence-electron chi connectivity index (χ2n) is 7.98. The molecule has 4 rings (SSSR count). The Kier molecular flexibility index (Phi) is 6.33. The summed E-state index contributed by atoms with van der Waals surface area (Å²) in [5.74, 6) is 3.08. The average Bonchev–Trinajstić information content (AvgIpc) is 3.44. The van der Waals surface area contributed by atoms with Crippen LogP contribution in [0.2, 0.25) is 0 Å². The van der Waals surface area contributed by atoms with E-state index in [2.05, 4.69) is 29.3 Å². The summed E-state index contributed by atoms with van der Waals surface area (Å²) in [6.07, 6.45) is -0.442. The first-order chi connectivity index (χ1) is 15.9. The molecular formula is C25H24N2O6. The Labute approximate surface area is 191 Å². The lowest BCUT2D eigenvalue weighted by molar-refractivity contribution is -0.155. The lowest BCUT2D eigenvalue weighted by Gasteiger charge is -2.31. The third-order valence-corrected chi connectivity index (χ3v) is 6.21. The molecule has 2 aromatic carbocycles. The highest BCUT2D eigenvalue weighted by atomic mass is 16.5. The zero-order valence-corrected chi connectivity index (χ0v) is 18.2. The number of carboxylic acids is 1. The number of nitrogens with one attached hydrogen (secondary N) is 1.